The molecule has 1 saturated heterocycles. The summed E-state index contributed by atoms with van der Waals surface area (Å²) < 4.78 is 22.3. The molecule has 2 fully saturated rings. The molecule has 1 aliphatic heterocycles. The third-order valence-corrected chi connectivity index (χ3v) is 6.18. The molecule has 5 nitrogen and oxygen atoms in total. The van der Waals surface area contributed by atoms with Gasteiger partial charge in [-0.25, -0.2) is 4.79 Å². The smallest absolute Gasteiger partial charge is 0.410 e. The lowest BCUT2D eigenvalue weighted by Crippen LogP contribution is -2.51. The van der Waals surface area contributed by atoms with Crippen molar-refractivity contribution < 1.29 is 14.1 Å². The van der Waals surface area contributed by atoms with Gasteiger partial charge in [0.15, 0.2) is 0 Å². The molecule has 138 valence electrons. The number of rotatable bonds is 1. The number of ether oxygens (including phenoxy) is 1. The first-order valence-corrected chi connectivity index (χ1v) is 10.0. The third kappa shape index (κ3) is 4.66. The van der Waals surface area contributed by atoms with Gasteiger partial charge in [-0.05, 0) is 60.8 Å². The molecule has 1 heterocycles. The monoisotopic (exact) mass is 356 g/mol. The van der Waals surface area contributed by atoms with E-state index in [4.69, 9.17) is 4.74 Å². The second-order valence-electron chi connectivity index (χ2n) is 9.04. The Morgan fingerprint density at radius 3 is 2.25 bits per heavy atom. The van der Waals surface area contributed by atoms with Crippen molar-refractivity contribution in [3.05, 3.63) is 0 Å². The van der Waals surface area contributed by atoms with Gasteiger partial charge in [0.1, 0.15) is 21.7 Å². The maximum atomic E-state index is 12.6. The number of hydrogen-bond acceptors (Lipinski definition) is 4. The highest BCUT2D eigenvalue weighted by Crippen LogP contribution is 2.45. The summed E-state index contributed by atoms with van der Waals surface area (Å²) in [6.45, 7) is 12.5. The molecule has 1 spiro atoms. The van der Waals surface area contributed by atoms with Crippen LogP contribution in [0.3, 0.4) is 0 Å². The number of likely N-dealkylation sites (tertiary alicyclic amines) is 1. The summed E-state index contributed by atoms with van der Waals surface area (Å²) in [4.78, 5) is 14.1. The van der Waals surface area contributed by atoms with Gasteiger partial charge in [-0.15, -0.1) is 0 Å². The van der Waals surface area contributed by atoms with Gasteiger partial charge in [0.05, 0.1) is 12.3 Å². The molecule has 0 aromatic carbocycles. The van der Waals surface area contributed by atoms with Gasteiger partial charge in [0, 0.05) is 12.0 Å². The van der Waals surface area contributed by atoms with E-state index < -0.39 is 17.0 Å². The number of piperidine rings is 1. The summed E-state index contributed by atoms with van der Waals surface area (Å²) in [5.41, 5.74) is 0.468. The van der Waals surface area contributed by atoms with E-state index in [1.165, 1.54) is 12.8 Å². The second-order valence-corrected chi connectivity index (χ2v) is 10.9. The molecule has 0 aromatic rings. The molecular weight excluding hydrogens is 324 g/mol. The summed E-state index contributed by atoms with van der Waals surface area (Å²) in [6.07, 6.45) is 5.16. The lowest BCUT2D eigenvalue weighted by Gasteiger charge is -2.40. The maximum Gasteiger partial charge on any atom is 0.410 e. The molecule has 1 amide bonds. The molecule has 0 radical (unpaired) electrons. The van der Waals surface area contributed by atoms with Crippen LogP contribution in [0.15, 0.2) is 4.40 Å². The van der Waals surface area contributed by atoms with E-state index in [9.17, 15) is 9.35 Å². The standard InChI is InChI=1S/C18H32N2O3S/c1-16(2,3)23-15(21)20-12-11-18(9-7-8-10-18)14(13-20)19-24(22)17(4,5)6/h7-13H2,1-6H3. The molecule has 24 heavy (non-hydrogen) atoms. The SMILES string of the molecule is CC(C)(C)OC(=O)N1CCC2(CCCC2)C(=N[S+]([O-])C(C)(C)C)C1. The Hall–Kier alpha value is -0.750. The van der Waals surface area contributed by atoms with E-state index in [0.29, 0.717) is 13.1 Å². The van der Waals surface area contributed by atoms with E-state index in [2.05, 4.69) is 4.40 Å². The van der Waals surface area contributed by atoms with Crippen LogP contribution in [0.2, 0.25) is 0 Å². The number of hydrogen-bond donors (Lipinski definition) is 0. The Bertz CT molecular complexity index is 499. The fourth-order valence-corrected chi connectivity index (χ4v) is 4.08. The topological polar surface area (TPSA) is 65.0 Å². The molecule has 2 aliphatic rings. The van der Waals surface area contributed by atoms with E-state index in [0.717, 1.165) is 25.0 Å². The molecule has 1 aliphatic carbocycles. The van der Waals surface area contributed by atoms with Gasteiger partial charge in [0.2, 0.25) is 0 Å². The van der Waals surface area contributed by atoms with Crippen molar-refractivity contribution in [2.45, 2.75) is 84.0 Å². The van der Waals surface area contributed by atoms with Crippen LogP contribution in [-0.2, 0) is 16.1 Å². The molecular formula is C18H32N2O3S. The molecule has 2 rings (SSSR count). The van der Waals surface area contributed by atoms with Crippen LogP contribution in [0.1, 0.15) is 73.6 Å². The molecule has 1 atom stereocenters. The Kier molecular flexibility index (Phi) is 5.60. The van der Waals surface area contributed by atoms with Crippen molar-refractivity contribution in [1.82, 2.24) is 4.90 Å². The van der Waals surface area contributed by atoms with Crippen LogP contribution >= 0.6 is 0 Å². The van der Waals surface area contributed by atoms with Crippen molar-refractivity contribution in [2.75, 3.05) is 13.1 Å². The Labute approximate surface area is 149 Å². The van der Waals surface area contributed by atoms with E-state index in [1.54, 1.807) is 4.90 Å². The molecule has 0 N–H and O–H groups in total. The summed E-state index contributed by atoms with van der Waals surface area (Å²) in [7, 11) is 0. The van der Waals surface area contributed by atoms with Crippen molar-refractivity contribution >= 4 is 23.2 Å². The zero-order chi connectivity index (χ0) is 18.2. The van der Waals surface area contributed by atoms with E-state index >= 15 is 0 Å². The van der Waals surface area contributed by atoms with Crippen LogP contribution in [0.25, 0.3) is 0 Å². The second kappa shape index (κ2) is 6.87. The van der Waals surface area contributed by atoms with Gasteiger partial charge in [-0.2, -0.15) is 0 Å². The fourth-order valence-electron chi connectivity index (χ4n) is 3.36. The highest BCUT2D eigenvalue weighted by Gasteiger charge is 2.46. The number of amides is 1. The van der Waals surface area contributed by atoms with Gasteiger partial charge in [-0.3, -0.25) is 0 Å². The van der Waals surface area contributed by atoms with Crippen molar-refractivity contribution in [3.8, 4) is 0 Å². The minimum Gasteiger partial charge on any atom is -0.591 e. The average molecular weight is 357 g/mol. The van der Waals surface area contributed by atoms with Crippen LogP contribution in [0.4, 0.5) is 4.79 Å². The molecule has 1 unspecified atom stereocenters. The lowest BCUT2D eigenvalue weighted by molar-refractivity contribution is 0.0236. The zero-order valence-electron chi connectivity index (χ0n) is 16.0. The first-order valence-electron chi connectivity index (χ1n) is 8.91. The molecule has 1 saturated carbocycles. The highest BCUT2D eigenvalue weighted by molar-refractivity contribution is 7.91. The third-order valence-electron chi connectivity index (χ3n) is 4.74. The predicted molar refractivity (Wildman–Crippen MR) is 98.7 cm³/mol. The fraction of sp³-hybridized carbons (Fsp3) is 0.889. The summed E-state index contributed by atoms with van der Waals surface area (Å²) in [5, 5.41) is 0. The molecule has 0 aromatic heterocycles. The van der Waals surface area contributed by atoms with Crippen molar-refractivity contribution in [2.24, 2.45) is 9.81 Å². The quantitative estimate of drug-likeness (QED) is 0.665. The normalized spacial score (nSPS) is 24.5. The minimum absolute atomic E-state index is 0.0411. The van der Waals surface area contributed by atoms with Gasteiger partial charge in [0.25, 0.3) is 0 Å². The van der Waals surface area contributed by atoms with Crippen LogP contribution < -0.4 is 0 Å². The van der Waals surface area contributed by atoms with Crippen LogP contribution in [0.5, 0.6) is 0 Å². The Morgan fingerprint density at radius 2 is 1.75 bits per heavy atom. The maximum absolute atomic E-state index is 12.6. The highest BCUT2D eigenvalue weighted by atomic mass is 32.2. The summed E-state index contributed by atoms with van der Waals surface area (Å²) in [5.74, 6) is 0. The largest absolute Gasteiger partial charge is 0.591 e. The molecule has 6 heteroatoms. The van der Waals surface area contributed by atoms with Crippen molar-refractivity contribution in [1.29, 1.82) is 0 Å². The van der Waals surface area contributed by atoms with E-state index in [1.807, 2.05) is 41.5 Å². The summed E-state index contributed by atoms with van der Waals surface area (Å²) in [6, 6.07) is 0. The summed E-state index contributed by atoms with van der Waals surface area (Å²) >= 11 is -1.29. The number of nitrogens with zero attached hydrogens (tertiary/aromatic N) is 2. The van der Waals surface area contributed by atoms with Crippen molar-refractivity contribution in [3.63, 3.8) is 0 Å². The predicted octanol–water partition coefficient (Wildman–Crippen LogP) is 4.09. The van der Waals surface area contributed by atoms with Crippen LogP contribution in [0, 0.1) is 5.41 Å². The zero-order valence-corrected chi connectivity index (χ0v) is 16.8. The van der Waals surface area contributed by atoms with Gasteiger partial charge >= 0.3 is 6.09 Å². The average Bonchev–Trinajstić information content (AvgIpc) is 2.87. The Morgan fingerprint density at radius 1 is 1.17 bits per heavy atom. The lowest BCUT2D eigenvalue weighted by atomic mass is 9.75. The minimum atomic E-state index is -1.29. The Balaban J connectivity index is 2.21. The van der Waals surface area contributed by atoms with Gasteiger partial charge < -0.3 is 14.2 Å². The first-order chi connectivity index (χ1) is 10.9. The number of carbonyl (C=O) groups excluding carboxylic acids is 1. The molecule has 0 bridgehead atoms. The van der Waals surface area contributed by atoms with Crippen LogP contribution in [-0.4, -0.2) is 44.7 Å². The number of carbonyl (C=O) groups is 1. The van der Waals surface area contributed by atoms with E-state index in [-0.39, 0.29) is 16.3 Å². The first kappa shape index (κ1) is 19.6. The van der Waals surface area contributed by atoms with Gasteiger partial charge in [-0.1, -0.05) is 17.2 Å².